The molecule has 1 heterocycles. The minimum Gasteiger partial charge on any atom is -0.478 e. The molecule has 0 spiro atoms. The Labute approximate surface area is 119 Å². The van der Waals surface area contributed by atoms with Gasteiger partial charge in [0.15, 0.2) is 0 Å². The van der Waals surface area contributed by atoms with E-state index in [-0.39, 0.29) is 24.6 Å². The smallest absolute Gasteiger partial charge is 0.471 e. The molecule has 1 saturated heterocycles. The summed E-state index contributed by atoms with van der Waals surface area (Å²) in [6.45, 7) is 0.0562. The van der Waals surface area contributed by atoms with Gasteiger partial charge in [-0.2, -0.15) is 13.2 Å². The van der Waals surface area contributed by atoms with Crippen molar-refractivity contribution in [3.8, 4) is 0 Å². The largest absolute Gasteiger partial charge is 0.478 e. The highest BCUT2D eigenvalue weighted by Crippen LogP contribution is 2.30. The van der Waals surface area contributed by atoms with Crippen LogP contribution in [0.1, 0.15) is 34.7 Å². The molecule has 0 aliphatic carbocycles. The van der Waals surface area contributed by atoms with E-state index < -0.39 is 18.1 Å². The molecule has 4 nitrogen and oxygen atoms in total. The first-order chi connectivity index (χ1) is 9.79. The molecule has 1 aliphatic heterocycles. The Bertz CT molecular complexity index is 549. The molecule has 2 rings (SSSR count). The van der Waals surface area contributed by atoms with Gasteiger partial charge in [0.05, 0.1) is 5.56 Å². The second kappa shape index (κ2) is 5.75. The number of hydrogen-bond donors (Lipinski definition) is 1. The van der Waals surface area contributed by atoms with Crippen molar-refractivity contribution in [1.82, 2.24) is 4.90 Å². The van der Waals surface area contributed by atoms with Gasteiger partial charge < -0.3 is 10.0 Å². The number of hydrogen-bond acceptors (Lipinski definition) is 2. The molecular formula is C14H14F3NO3. The number of benzene rings is 1. The number of amides is 1. The zero-order valence-electron chi connectivity index (χ0n) is 11.1. The number of halogens is 3. The summed E-state index contributed by atoms with van der Waals surface area (Å²) in [5, 5.41) is 8.93. The van der Waals surface area contributed by atoms with Crippen molar-refractivity contribution in [2.75, 3.05) is 13.1 Å². The van der Waals surface area contributed by atoms with E-state index in [1.807, 2.05) is 0 Å². The SMILES string of the molecule is O=C(O)c1cccc(C2CCN(C(=O)C(F)(F)F)CC2)c1. The molecule has 7 heteroatoms. The summed E-state index contributed by atoms with van der Waals surface area (Å²) in [6, 6.07) is 6.38. The second-order valence-corrected chi connectivity index (χ2v) is 4.99. The molecule has 0 unspecified atom stereocenters. The number of rotatable bonds is 2. The summed E-state index contributed by atoms with van der Waals surface area (Å²) >= 11 is 0. The molecular weight excluding hydrogens is 287 g/mol. The third-order valence-corrected chi connectivity index (χ3v) is 3.63. The molecule has 1 aromatic carbocycles. The molecule has 0 atom stereocenters. The van der Waals surface area contributed by atoms with Crippen molar-refractivity contribution >= 4 is 11.9 Å². The van der Waals surface area contributed by atoms with Crippen LogP contribution in [0.15, 0.2) is 24.3 Å². The van der Waals surface area contributed by atoms with Gasteiger partial charge in [-0.25, -0.2) is 4.79 Å². The highest BCUT2D eigenvalue weighted by atomic mass is 19.4. The van der Waals surface area contributed by atoms with E-state index in [9.17, 15) is 22.8 Å². The normalized spacial score (nSPS) is 16.8. The van der Waals surface area contributed by atoms with Gasteiger partial charge in [0.25, 0.3) is 0 Å². The lowest BCUT2D eigenvalue weighted by molar-refractivity contribution is -0.186. The van der Waals surface area contributed by atoms with Crippen molar-refractivity contribution in [1.29, 1.82) is 0 Å². The van der Waals surface area contributed by atoms with Crippen molar-refractivity contribution in [3.63, 3.8) is 0 Å². The number of alkyl halides is 3. The van der Waals surface area contributed by atoms with E-state index in [0.29, 0.717) is 12.8 Å². The number of carbonyl (C=O) groups excluding carboxylic acids is 1. The second-order valence-electron chi connectivity index (χ2n) is 4.99. The van der Waals surface area contributed by atoms with E-state index in [1.165, 1.54) is 12.1 Å². The lowest BCUT2D eigenvalue weighted by Crippen LogP contribution is -2.45. The number of nitrogens with zero attached hydrogens (tertiary/aromatic N) is 1. The van der Waals surface area contributed by atoms with Crippen LogP contribution in [0.25, 0.3) is 0 Å². The quantitative estimate of drug-likeness (QED) is 0.913. The first-order valence-corrected chi connectivity index (χ1v) is 6.48. The predicted molar refractivity (Wildman–Crippen MR) is 68.0 cm³/mol. The van der Waals surface area contributed by atoms with Crippen molar-refractivity contribution < 1.29 is 27.9 Å². The lowest BCUT2D eigenvalue weighted by atomic mass is 9.88. The molecule has 1 N–H and O–H groups in total. The molecule has 0 radical (unpaired) electrons. The number of carboxylic acid groups (broad SMARTS) is 1. The standard InChI is InChI=1S/C14H14F3NO3/c15-14(16,17)13(21)18-6-4-9(5-7-18)10-2-1-3-11(8-10)12(19)20/h1-3,8-9H,4-7H2,(H,19,20). The highest BCUT2D eigenvalue weighted by Gasteiger charge is 2.43. The zero-order valence-corrected chi connectivity index (χ0v) is 11.1. The maximum atomic E-state index is 12.3. The summed E-state index contributed by atoms with van der Waals surface area (Å²) in [5.41, 5.74) is 0.940. The molecule has 1 aromatic rings. The molecule has 1 aliphatic rings. The van der Waals surface area contributed by atoms with E-state index in [4.69, 9.17) is 5.11 Å². The number of aromatic carboxylic acids is 1. The Balaban J connectivity index is 2.03. The van der Waals surface area contributed by atoms with Crippen LogP contribution in [0.3, 0.4) is 0 Å². The minimum absolute atomic E-state index is 0.0263. The number of likely N-dealkylation sites (tertiary alicyclic amines) is 1. The Morgan fingerprint density at radius 3 is 2.33 bits per heavy atom. The highest BCUT2D eigenvalue weighted by molar-refractivity contribution is 5.87. The van der Waals surface area contributed by atoms with Gasteiger partial charge in [0.1, 0.15) is 0 Å². The van der Waals surface area contributed by atoms with Crippen LogP contribution in [0.2, 0.25) is 0 Å². The molecule has 114 valence electrons. The summed E-state index contributed by atoms with van der Waals surface area (Å²) in [6.07, 6.45) is -4.05. The summed E-state index contributed by atoms with van der Waals surface area (Å²) in [4.78, 5) is 22.8. The van der Waals surface area contributed by atoms with Crippen LogP contribution in [-0.2, 0) is 4.79 Å². The van der Waals surface area contributed by atoms with Crippen LogP contribution in [0.5, 0.6) is 0 Å². The lowest BCUT2D eigenvalue weighted by Gasteiger charge is -2.32. The van der Waals surface area contributed by atoms with Gasteiger partial charge >= 0.3 is 18.1 Å². The van der Waals surface area contributed by atoms with Gasteiger partial charge in [-0.3, -0.25) is 4.79 Å². The van der Waals surface area contributed by atoms with E-state index in [0.717, 1.165) is 10.5 Å². The number of carbonyl (C=O) groups is 2. The summed E-state index contributed by atoms with van der Waals surface area (Å²) in [7, 11) is 0. The van der Waals surface area contributed by atoms with Crippen LogP contribution in [-0.4, -0.2) is 41.1 Å². The fourth-order valence-corrected chi connectivity index (χ4v) is 2.52. The first kappa shape index (κ1) is 15.3. The number of carboxylic acids is 1. The minimum atomic E-state index is -4.84. The topological polar surface area (TPSA) is 57.6 Å². The fraction of sp³-hybridized carbons (Fsp3) is 0.429. The maximum absolute atomic E-state index is 12.3. The van der Waals surface area contributed by atoms with E-state index >= 15 is 0 Å². The summed E-state index contributed by atoms with van der Waals surface area (Å²) < 4.78 is 37.0. The Kier molecular flexibility index (Phi) is 4.20. The zero-order chi connectivity index (χ0) is 15.6. The first-order valence-electron chi connectivity index (χ1n) is 6.48. The average molecular weight is 301 g/mol. The molecule has 1 amide bonds. The van der Waals surface area contributed by atoms with Crippen molar-refractivity contribution in [2.24, 2.45) is 0 Å². The summed E-state index contributed by atoms with van der Waals surface area (Å²) in [5.74, 6) is -2.87. The third kappa shape index (κ3) is 3.53. The molecule has 21 heavy (non-hydrogen) atoms. The van der Waals surface area contributed by atoms with Gasteiger partial charge in [0, 0.05) is 13.1 Å². The molecule has 1 fully saturated rings. The number of piperidine rings is 1. The monoisotopic (exact) mass is 301 g/mol. The molecule has 0 bridgehead atoms. The third-order valence-electron chi connectivity index (χ3n) is 3.63. The van der Waals surface area contributed by atoms with Gasteiger partial charge in [-0.15, -0.1) is 0 Å². The Morgan fingerprint density at radius 2 is 1.81 bits per heavy atom. The van der Waals surface area contributed by atoms with E-state index in [1.54, 1.807) is 12.1 Å². The van der Waals surface area contributed by atoms with Crippen molar-refractivity contribution in [2.45, 2.75) is 24.9 Å². The predicted octanol–water partition coefficient (Wildman–Crippen LogP) is 2.65. The average Bonchev–Trinajstić information content (AvgIpc) is 2.46. The van der Waals surface area contributed by atoms with Crippen molar-refractivity contribution in [3.05, 3.63) is 35.4 Å². The van der Waals surface area contributed by atoms with Gasteiger partial charge in [-0.1, -0.05) is 12.1 Å². The van der Waals surface area contributed by atoms with Crippen LogP contribution in [0.4, 0.5) is 13.2 Å². The van der Waals surface area contributed by atoms with Crippen LogP contribution >= 0.6 is 0 Å². The fourth-order valence-electron chi connectivity index (χ4n) is 2.52. The molecule has 0 saturated carbocycles. The Morgan fingerprint density at radius 1 is 1.19 bits per heavy atom. The maximum Gasteiger partial charge on any atom is 0.471 e. The van der Waals surface area contributed by atoms with Gasteiger partial charge in [-0.05, 0) is 36.5 Å². The van der Waals surface area contributed by atoms with Gasteiger partial charge in [0.2, 0.25) is 0 Å². The van der Waals surface area contributed by atoms with Crippen LogP contribution in [0, 0.1) is 0 Å². The van der Waals surface area contributed by atoms with E-state index in [2.05, 4.69) is 0 Å². The molecule has 0 aromatic heterocycles. The van der Waals surface area contributed by atoms with Crippen LogP contribution < -0.4 is 0 Å². The Hall–Kier alpha value is -2.05.